The smallest absolute Gasteiger partial charge is 0.394 e. The van der Waals surface area contributed by atoms with Crippen LogP contribution in [-0.4, -0.2) is 0 Å². The van der Waals surface area contributed by atoms with Crippen molar-refractivity contribution in [1.82, 2.24) is 0 Å². The molecule has 0 heterocycles. The SMILES string of the molecule is CC.CC.CC(C)(C)C.[CH-]=CC=[CH-].[U+2]. The minimum absolute atomic E-state index is 0. The van der Waals surface area contributed by atoms with Crippen LogP contribution in [0.5, 0.6) is 0 Å². The first-order chi connectivity index (χ1) is 5.91. The van der Waals surface area contributed by atoms with Gasteiger partial charge in [0, 0.05) is 0 Å². The van der Waals surface area contributed by atoms with Gasteiger partial charge in [0.05, 0.1) is 0 Å². The zero-order valence-electron chi connectivity index (χ0n) is 11.3. The van der Waals surface area contributed by atoms with E-state index in [1.807, 2.05) is 27.7 Å². The van der Waals surface area contributed by atoms with Crippen LogP contribution in [0.3, 0.4) is 0 Å². The van der Waals surface area contributed by atoms with E-state index in [0.29, 0.717) is 5.41 Å². The first-order valence-corrected chi connectivity index (χ1v) is 5.00. The van der Waals surface area contributed by atoms with Crippen LogP contribution in [0.25, 0.3) is 0 Å². The maximum Gasteiger partial charge on any atom is 2.00 e. The fraction of sp³-hybridized carbons (Fsp3) is 0.692. The van der Waals surface area contributed by atoms with Gasteiger partial charge in [0.25, 0.3) is 0 Å². The van der Waals surface area contributed by atoms with Crippen LogP contribution in [0, 0.1) is 49.7 Å². The van der Waals surface area contributed by atoms with Gasteiger partial charge in [-0.2, -0.15) is 0 Å². The molecule has 14 heavy (non-hydrogen) atoms. The van der Waals surface area contributed by atoms with E-state index in [0.717, 1.165) is 0 Å². The van der Waals surface area contributed by atoms with Crippen molar-refractivity contribution in [1.29, 1.82) is 0 Å². The van der Waals surface area contributed by atoms with E-state index in [1.165, 1.54) is 12.2 Å². The topological polar surface area (TPSA) is 0 Å². The molecule has 0 nitrogen and oxygen atoms in total. The number of allylic oxidation sites excluding steroid dienone is 2. The molecule has 0 aromatic heterocycles. The van der Waals surface area contributed by atoms with Crippen LogP contribution in [0.4, 0.5) is 0 Å². The first-order valence-electron chi connectivity index (χ1n) is 5.00. The number of hydrogen-bond acceptors (Lipinski definition) is 0. The molecular weight excluding hydrogens is 394 g/mol. The summed E-state index contributed by atoms with van der Waals surface area (Å²) < 4.78 is 0. The zero-order valence-corrected chi connectivity index (χ0v) is 15.5. The fourth-order valence-electron chi connectivity index (χ4n) is 0. The average Bonchev–Trinajstić information content (AvgIpc) is 2.08. The maximum absolute atomic E-state index is 4.72. The molecule has 0 aromatic carbocycles. The molecule has 0 N–H and O–H groups in total. The van der Waals surface area contributed by atoms with Gasteiger partial charge in [-0.3, -0.25) is 0 Å². The quantitative estimate of drug-likeness (QED) is 0.409. The molecule has 1 heteroatoms. The number of rotatable bonds is 1. The Morgan fingerprint density at radius 1 is 0.714 bits per heavy atom. The molecule has 0 amide bonds. The van der Waals surface area contributed by atoms with E-state index in [9.17, 15) is 0 Å². The van der Waals surface area contributed by atoms with Gasteiger partial charge >= 0.3 is 31.1 Å². The molecule has 0 unspecified atom stereocenters. The van der Waals surface area contributed by atoms with Crippen molar-refractivity contribution in [3.8, 4) is 0 Å². The minimum atomic E-state index is 0. The molecule has 0 fully saturated rings. The van der Waals surface area contributed by atoms with Gasteiger partial charge in [-0.25, -0.2) is 0 Å². The molecule has 0 aliphatic carbocycles. The summed E-state index contributed by atoms with van der Waals surface area (Å²) in [5.74, 6) is 0. The van der Waals surface area contributed by atoms with Gasteiger partial charge in [-0.1, -0.05) is 55.4 Å². The van der Waals surface area contributed by atoms with Gasteiger partial charge in [-0.05, 0) is 5.41 Å². The molecule has 0 spiro atoms. The predicted molar refractivity (Wildman–Crippen MR) is 65.6 cm³/mol. The Labute approximate surface area is 117 Å². The Balaban J connectivity index is -0.0000000273. The third-order valence-corrected chi connectivity index (χ3v) is 0.111. The first kappa shape index (κ1) is 29.3. The second-order valence-electron chi connectivity index (χ2n) is 3.38. The largest absolute Gasteiger partial charge is 2.00 e. The fourth-order valence-corrected chi connectivity index (χ4v) is 0. The van der Waals surface area contributed by atoms with Gasteiger partial charge in [-0.15, -0.1) is 0 Å². The average molecular weight is 422 g/mol. The van der Waals surface area contributed by atoms with E-state index >= 15 is 0 Å². The summed E-state index contributed by atoms with van der Waals surface area (Å²) in [6, 6.07) is 0. The second kappa shape index (κ2) is 29.2. The molecular formula is C13H28U. The third-order valence-electron chi connectivity index (χ3n) is 0.111. The summed E-state index contributed by atoms with van der Waals surface area (Å²) in [5, 5.41) is 0. The molecule has 84 valence electrons. The summed E-state index contributed by atoms with van der Waals surface area (Å²) >= 11 is 0. The van der Waals surface area contributed by atoms with E-state index in [1.54, 1.807) is 0 Å². The molecule has 0 saturated carbocycles. The Hall–Kier alpha value is 0.532. The Morgan fingerprint density at radius 2 is 0.786 bits per heavy atom. The van der Waals surface area contributed by atoms with Gasteiger partial charge in [0.15, 0.2) is 0 Å². The van der Waals surface area contributed by atoms with Gasteiger partial charge < -0.3 is 25.3 Å². The standard InChI is InChI=1S/C5H12.C4H4.2C2H6.U/c1-5(2,3)4;1-3-4-2;2*1-2;/h1-4H3;1-4H;2*1-2H3;/q;-2;;;+2. The number of hydrogen-bond donors (Lipinski definition) is 0. The van der Waals surface area contributed by atoms with E-state index < -0.39 is 0 Å². The van der Waals surface area contributed by atoms with E-state index in [4.69, 9.17) is 13.2 Å². The van der Waals surface area contributed by atoms with Gasteiger partial charge in [0.2, 0.25) is 0 Å². The molecule has 0 saturated heterocycles. The molecule has 0 aromatic rings. The Bertz CT molecular complexity index is 65.7. The van der Waals surface area contributed by atoms with Crippen LogP contribution < -0.4 is 0 Å². The molecule has 0 rings (SSSR count). The molecule has 0 atom stereocenters. The molecule has 0 aliphatic rings. The van der Waals surface area contributed by atoms with E-state index in [-0.39, 0.29) is 31.1 Å². The van der Waals surface area contributed by atoms with Crippen LogP contribution in [0.1, 0.15) is 55.4 Å². The van der Waals surface area contributed by atoms with Crippen molar-refractivity contribution in [2.24, 2.45) is 5.41 Å². The normalized spacial score (nSPS) is 6.57. The summed E-state index contributed by atoms with van der Waals surface area (Å²) in [6.07, 6.45) is 2.56. The van der Waals surface area contributed by atoms with Crippen molar-refractivity contribution in [3.63, 3.8) is 0 Å². The summed E-state index contributed by atoms with van der Waals surface area (Å²) in [6.45, 7) is 26.2. The minimum Gasteiger partial charge on any atom is -0.394 e. The Kier molecular flexibility index (Phi) is 61.1. The summed E-state index contributed by atoms with van der Waals surface area (Å²) in [4.78, 5) is 0. The summed E-state index contributed by atoms with van der Waals surface area (Å²) in [7, 11) is 0. The molecule has 0 aliphatic heterocycles. The predicted octanol–water partition coefficient (Wildman–Crippen LogP) is 5.07. The van der Waals surface area contributed by atoms with Crippen molar-refractivity contribution in [2.75, 3.05) is 0 Å². The van der Waals surface area contributed by atoms with E-state index in [2.05, 4.69) is 27.7 Å². The second-order valence-corrected chi connectivity index (χ2v) is 3.38. The van der Waals surface area contributed by atoms with Crippen LogP contribution >= 0.6 is 0 Å². The van der Waals surface area contributed by atoms with Crippen LogP contribution in [0.15, 0.2) is 12.2 Å². The monoisotopic (exact) mass is 422 g/mol. The zero-order chi connectivity index (χ0) is 11.9. The van der Waals surface area contributed by atoms with Gasteiger partial charge in [0.1, 0.15) is 0 Å². The van der Waals surface area contributed by atoms with Crippen molar-refractivity contribution in [2.45, 2.75) is 55.4 Å². The Morgan fingerprint density at radius 3 is 0.786 bits per heavy atom. The van der Waals surface area contributed by atoms with Crippen molar-refractivity contribution >= 4 is 0 Å². The van der Waals surface area contributed by atoms with Crippen molar-refractivity contribution in [3.05, 3.63) is 25.3 Å². The van der Waals surface area contributed by atoms with Crippen LogP contribution in [0.2, 0.25) is 0 Å². The van der Waals surface area contributed by atoms with Crippen LogP contribution in [-0.2, 0) is 0 Å². The maximum atomic E-state index is 4.72. The third kappa shape index (κ3) is 710. The molecule has 0 radical (unpaired) electrons. The molecule has 0 bridgehead atoms. The van der Waals surface area contributed by atoms with Crippen molar-refractivity contribution < 1.29 is 31.1 Å². The summed E-state index contributed by atoms with van der Waals surface area (Å²) in [5.41, 5.74) is 0.500.